The van der Waals surface area contributed by atoms with Crippen molar-refractivity contribution < 1.29 is 3.80 Å². The van der Waals surface area contributed by atoms with E-state index in [0.717, 1.165) is 11.7 Å². The molecule has 38 valence electrons. The first-order chi connectivity index (χ1) is 3.41. The summed E-state index contributed by atoms with van der Waals surface area (Å²) in [5.74, 6) is 0. The summed E-state index contributed by atoms with van der Waals surface area (Å²) in [5, 5.41) is 0.772. The number of rotatable bonds is 3. The van der Waals surface area contributed by atoms with Gasteiger partial charge in [0.15, 0.2) is 0 Å². The van der Waals surface area contributed by atoms with Crippen LogP contribution in [0.2, 0.25) is 5.28 Å². The minimum absolute atomic E-state index is 0.556. The van der Waals surface area contributed by atoms with Crippen molar-refractivity contribution in [3.05, 3.63) is 12.2 Å². The molecular formula is C5H9AlO. The molecule has 0 heterocycles. The standard InChI is InChI=1S/C5H9.Al.O/c1-3-5-4-2;;/h3,5H,1,4H2,2H3;;. The van der Waals surface area contributed by atoms with E-state index in [-0.39, 0.29) is 0 Å². The molecule has 0 rings (SSSR count). The van der Waals surface area contributed by atoms with E-state index in [1.165, 1.54) is 0 Å². The Labute approximate surface area is 50.3 Å². The van der Waals surface area contributed by atoms with E-state index in [2.05, 4.69) is 6.92 Å². The molecule has 0 aliphatic rings. The Balaban J connectivity index is 2.92. The number of allylic oxidation sites excluding steroid dienone is 2. The van der Waals surface area contributed by atoms with Crippen molar-refractivity contribution in [1.29, 1.82) is 0 Å². The van der Waals surface area contributed by atoms with Gasteiger partial charge >= 0.3 is 49.7 Å². The molecule has 0 radical (unpaired) electrons. The van der Waals surface area contributed by atoms with Gasteiger partial charge in [-0.25, -0.2) is 0 Å². The third kappa shape index (κ3) is 6.07. The van der Waals surface area contributed by atoms with Crippen LogP contribution in [-0.2, 0) is 3.80 Å². The minimum atomic E-state index is -0.556. The maximum atomic E-state index is 9.84. The van der Waals surface area contributed by atoms with Crippen molar-refractivity contribution >= 4 is 15.2 Å². The van der Waals surface area contributed by atoms with Gasteiger partial charge < -0.3 is 0 Å². The Bertz CT molecular complexity index is 68.5. The van der Waals surface area contributed by atoms with Crippen LogP contribution in [0.4, 0.5) is 0 Å². The fourth-order valence-electron chi connectivity index (χ4n) is 0.318. The van der Waals surface area contributed by atoms with E-state index in [9.17, 15) is 3.80 Å². The van der Waals surface area contributed by atoms with Gasteiger partial charge in [-0.1, -0.05) is 0 Å². The van der Waals surface area contributed by atoms with Crippen LogP contribution < -0.4 is 0 Å². The Morgan fingerprint density at radius 1 is 1.57 bits per heavy atom. The van der Waals surface area contributed by atoms with Crippen molar-refractivity contribution in [2.45, 2.75) is 18.6 Å². The second kappa shape index (κ2) is 6.07. The van der Waals surface area contributed by atoms with Crippen LogP contribution in [0.15, 0.2) is 12.2 Å². The van der Waals surface area contributed by atoms with E-state index in [0.29, 0.717) is 0 Å². The summed E-state index contributed by atoms with van der Waals surface area (Å²) in [6, 6.07) is 0. The first-order valence-corrected chi connectivity index (χ1v) is 3.79. The SMILES string of the molecule is CCC=C[CH2][Al]=[O]. The fraction of sp³-hybridized carbons (Fsp3) is 0.600. The molecule has 0 aromatic rings. The van der Waals surface area contributed by atoms with Gasteiger partial charge in [-0.05, 0) is 0 Å². The van der Waals surface area contributed by atoms with E-state index in [1.807, 2.05) is 12.2 Å². The molecule has 0 amide bonds. The summed E-state index contributed by atoms with van der Waals surface area (Å²) in [4.78, 5) is 0. The van der Waals surface area contributed by atoms with Crippen molar-refractivity contribution in [3.63, 3.8) is 0 Å². The van der Waals surface area contributed by atoms with Crippen LogP contribution in [0.1, 0.15) is 13.3 Å². The number of hydrogen-bond acceptors (Lipinski definition) is 1. The molecule has 0 unspecified atom stereocenters. The monoisotopic (exact) mass is 112 g/mol. The van der Waals surface area contributed by atoms with Crippen LogP contribution >= 0.6 is 0 Å². The van der Waals surface area contributed by atoms with Crippen molar-refractivity contribution in [3.8, 4) is 0 Å². The first-order valence-electron chi connectivity index (χ1n) is 2.50. The first kappa shape index (κ1) is 7.07. The van der Waals surface area contributed by atoms with Gasteiger partial charge in [0.05, 0.1) is 0 Å². The normalized spacial score (nSPS) is 9.29. The Hall–Kier alpha value is 0.0725. The summed E-state index contributed by atoms with van der Waals surface area (Å²) >= 11 is -0.556. The van der Waals surface area contributed by atoms with Crippen LogP contribution in [0.25, 0.3) is 0 Å². The van der Waals surface area contributed by atoms with Gasteiger partial charge in [-0.2, -0.15) is 0 Å². The zero-order valence-electron chi connectivity index (χ0n) is 4.55. The van der Waals surface area contributed by atoms with Gasteiger partial charge in [-0.15, -0.1) is 0 Å². The summed E-state index contributed by atoms with van der Waals surface area (Å²) in [7, 11) is 0. The molecule has 0 bridgehead atoms. The van der Waals surface area contributed by atoms with Crippen molar-refractivity contribution in [1.82, 2.24) is 0 Å². The summed E-state index contributed by atoms with van der Waals surface area (Å²) in [6.07, 6.45) is 5.05. The van der Waals surface area contributed by atoms with Gasteiger partial charge in [0.25, 0.3) is 0 Å². The Morgan fingerprint density at radius 3 is 2.71 bits per heavy atom. The fourth-order valence-corrected chi connectivity index (χ4v) is 0.622. The van der Waals surface area contributed by atoms with Gasteiger partial charge in [0.1, 0.15) is 0 Å². The molecule has 0 spiro atoms. The van der Waals surface area contributed by atoms with E-state index in [1.54, 1.807) is 0 Å². The average Bonchev–Trinajstić information content (AvgIpc) is 1.69. The Kier molecular flexibility index (Phi) is 6.14. The molecule has 0 N–H and O–H groups in total. The third-order valence-corrected chi connectivity index (χ3v) is 1.10. The molecular weight excluding hydrogens is 103 g/mol. The van der Waals surface area contributed by atoms with Crippen LogP contribution in [0.3, 0.4) is 0 Å². The van der Waals surface area contributed by atoms with E-state index in [4.69, 9.17) is 0 Å². The molecule has 0 fully saturated rings. The summed E-state index contributed by atoms with van der Waals surface area (Å²) < 4.78 is 9.84. The van der Waals surface area contributed by atoms with Crippen LogP contribution in [0.5, 0.6) is 0 Å². The zero-order valence-corrected chi connectivity index (χ0v) is 5.71. The molecule has 2 heteroatoms. The van der Waals surface area contributed by atoms with Gasteiger partial charge in [0, 0.05) is 0 Å². The second-order valence-electron chi connectivity index (χ2n) is 1.28. The molecule has 0 aromatic heterocycles. The quantitative estimate of drug-likeness (QED) is 0.398. The summed E-state index contributed by atoms with van der Waals surface area (Å²) in [5.41, 5.74) is 0. The average molecular weight is 112 g/mol. The molecule has 0 aliphatic heterocycles. The Morgan fingerprint density at radius 2 is 2.29 bits per heavy atom. The molecule has 0 aliphatic carbocycles. The predicted molar refractivity (Wildman–Crippen MR) is 30.7 cm³/mol. The third-order valence-electron chi connectivity index (χ3n) is 0.635. The summed E-state index contributed by atoms with van der Waals surface area (Å²) in [6.45, 7) is 2.07. The second-order valence-corrected chi connectivity index (χ2v) is 2.09. The number of hydrogen-bond donors (Lipinski definition) is 0. The maximum absolute atomic E-state index is 9.84. The van der Waals surface area contributed by atoms with Gasteiger partial charge in [0.2, 0.25) is 0 Å². The van der Waals surface area contributed by atoms with E-state index < -0.39 is 15.2 Å². The molecule has 7 heavy (non-hydrogen) atoms. The van der Waals surface area contributed by atoms with Crippen LogP contribution in [0, 0.1) is 0 Å². The molecule has 0 aromatic carbocycles. The van der Waals surface area contributed by atoms with Crippen LogP contribution in [-0.4, -0.2) is 15.2 Å². The van der Waals surface area contributed by atoms with Crippen molar-refractivity contribution in [2.75, 3.05) is 0 Å². The molecule has 0 atom stereocenters. The topological polar surface area (TPSA) is 17.1 Å². The van der Waals surface area contributed by atoms with E-state index >= 15 is 0 Å². The van der Waals surface area contributed by atoms with Gasteiger partial charge in [-0.3, -0.25) is 0 Å². The molecule has 0 saturated heterocycles. The zero-order chi connectivity index (χ0) is 5.54. The molecule has 0 saturated carbocycles. The van der Waals surface area contributed by atoms with Crippen molar-refractivity contribution in [2.24, 2.45) is 0 Å². The predicted octanol–water partition coefficient (Wildman–Crippen LogP) is 1.42. The molecule has 1 nitrogen and oxygen atoms in total.